The molecule has 1 N–H and O–H groups in total. The van der Waals surface area contributed by atoms with E-state index in [0.717, 1.165) is 12.2 Å². The van der Waals surface area contributed by atoms with Gasteiger partial charge >= 0.3 is 0 Å². The highest BCUT2D eigenvalue weighted by atomic mass is 16.6. The van der Waals surface area contributed by atoms with Crippen LogP contribution in [0.1, 0.15) is 18.2 Å². The van der Waals surface area contributed by atoms with Gasteiger partial charge in [0.15, 0.2) is 0 Å². The van der Waals surface area contributed by atoms with Crippen molar-refractivity contribution < 1.29 is 9.72 Å². The number of non-ortho nitro benzene ring substituents is 1. The van der Waals surface area contributed by atoms with E-state index in [1.54, 1.807) is 23.0 Å². The fraction of sp³-hybridized carbons (Fsp3) is 0.200. The molecule has 0 atom stereocenters. The third-order valence-electron chi connectivity index (χ3n) is 3.17. The van der Waals surface area contributed by atoms with Gasteiger partial charge in [0, 0.05) is 24.8 Å². The predicted molar refractivity (Wildman–Crippen MR) is 83.4 cm³/mol. The van der Waals surface area contributed by atoms with Crippen LogP contribution in [0.25, 0.3) is 6.08 Å². The van der Waals surface area contributed by atoms with E-state index >= 15 is 0 Å². The number of hydrogen-bond donors (Lipinski definition) is 1. The predicted octanol–water partition coefficient (Wildman–Crippen LogP) is 2.77. The van der Waals surface area contributed by atoms with E-state index in [9.17, 15) is 14.9 Å². The normalized spacial score (nSPS) is 10.8. The highest BCUT2D eigenvalue weighted by molar-refractivity contribution is 6.02. The number of benzene rings is 1. The van der Waals surface area contributed by atoms with E-state index < -0.39 is 4.92 Å². The molecule has 0 aliphatic heterocycles. The van der Waals surface area contributed by atoms with Crippen molar-refractivity contribution in [1.29, 1.82) is 0 Å². The number of nitro benzene ring substituents is 1. The lowest BCUT2D eigenvalue weighted by molar-refractivity contribution is -0.384. The summed E-state index contributed by atoms with van der Waals surface area (Å²) in [5.74, 6) is -0.315. The summed E-state index contributed by atoms with van der Waals surface area (Å²) in [5.41, 5.74) is 2.10. The topological polar surface area (TPSA) is 90.1 Å². The molecule has 0 aliphatic carbocycles. The Labute approximate surface area is 127 Å². The van der Waals surface area contributed by atoms with E-state index in [1.807, 2.05) is 13.8 Å². The summed E-state index contributed by atoms with van der Waals surface area (Å²) in [7, 11) is 0. The first-order valence-corrected chi connectivity index (χ1v) is 6.77. The van der Waals surface area contributed by atoms with Crippen LogP contribution in [0.5, 0.6) is 0 Å². The molecule has 0 radical (unpaired) electrons. The van der Waals surface area contributed by atoms with E-state index in [4.69, 9.17) is 0 Å². The van der Waals surface area contributed by atoms with Crippen LogP contribution in [0.15, 0.2) is 36.5 Å². The van der Waals surface area contributed by atoms with Crippen LogP contribution in [0, 0.1) is 17.0 Å². The molecule has 1 amide bonds. The van der Waals surface area contributed by atoms with Crippen molar-refractivity contribution in [2.45, 2.75) is 20.4 Å². The summed E-state index contributed by atoms with van der Waals surface area (Å²) in [6.45, 7) is 4.56. The van der Waals surface area contributed by atoms with Crippen LogP contribution in [0.3, 0.4) is 0 Å². The maximum atomic E-state index is 11.9. The lowest BCUT2D eigenvalue weighted by atomic mass is 10.2. The number of nitro groups is 1. The molecule has 0 saturated carbocycles. The Hall–Kier alpha value is -2.96. The lowest BCUT2D eigenvalue weighted by Gasteiger charge is -2.02. The summed E-state index contributed by atoms with van der Waals surface area (Å²) in [6.07, 6.45) is 4.46. The van der Waals surface area contributed by atoms with E-state index in [1.165, 1.54) is 24.3 Å². The molecule has 1 heterocycles. The number of nitrogens with zero attached hydrogens (tertiary/aromatic N) is 3. The van der Waals surface area contributed by atoms with E-state index in [-0.39, 0.29) is 11.6 Å². The third kappa shape index (κ3) is 3.57. The second kappa shape index (κ2) is 6.66. The maximum absolute atomic E-state index is 11.9. The van der Waals surface area contributed by atoms with Gasteiger partial charge in [-0.05, 0) is 25.5 Å². The molecule has 2 aromatic rings. The molecule has 0 spiro atoms. The van der Waals surface area contributed by atoms with Gasteiger partial charge < -0.3 is 5.32 Å². The van der Waals surface area contributed by atoms with Crippen LogP contribution in [0.4, 0.5) is 11.4 Å². The maximum Gasteiger partial charge on any atom is 0.270 e. The molecule has 1 aromatic heterocycles. The van der Waals surface area contributed by atoms with Crippen molar-refractivity contribution in [2.75, 3.05) is 5.32 Å². The molecule has 1 aromatic carbocycles. The van der Waals surface area contributed by atoms with Crippen LogP contribution in [-0.2, 0) is 11.3 Å². The smallest absolute Gasteiger partial charge is 0.270 e. The number of aryl methyl sites for hydroxylation is 1. The highest BCUT2D eigenvalue weighted by Gasteiger charge is 2.07. The molecule has 0 bridgehead atoms. The molecule has 114 valence electrons. The average Bonchev–Trinajstić information content (AvgIpc) is 2.86. The Balaban J connectivity index is 2.06. The van der Waals surface area contributed by atoms with Gasteiger partial charge in [-0.15, -0.1) is 0 Å². The van der Waals surface area contributed by atoms with Crippen LogP contribution >= 0.6 is 0 Å². The van der Waals surface area contributed by atoms with Crippen molar-refractivity contribution in [2.24, 2.45) is 0 Å². The minimum absolute atomic E-state index is 0.0115. The number of carbonyl (C=O) groups excluding carboxylic acids is 1. The zero-order valence-corrected chi connectivity index (χ0v) is 12.3. The summed E-state index contributed by atoms with van der Waals surface area (Å²) in [5, 5.41) is 17.6. The van der Waals surface area contributed by atoms with Gasteiger partial charge in [0.05, 0.1) is 22.5 Å². The number of anilines is 1. The fourth-order valence-corrected chi connectivity index (χ4v) is 1.98. The second-order valence-corrected chi connectivity index (χ2v) is 4.63. The number of aromatic nitrogens is 2. The first-order valence-electron chi connectivity index (χ1n) is 6.77. The summed E-state index contributed by atoms with van der Waals surface area (Å²) in [4.78, 5) is 22.1. The summed E-state index contributed by atoms with van der Waals surface area (Å²) < 4.78 is 1.78. The SMILES string of the molecule is CCn1ncc(NC(=O)/C=C/c2cccc([N+](=O)[O-])c2)c1C. The molecular formula is C15H16N4O3. The van der Waals surface area contributed by atoms with Crippen molar-refractivity contribution in [3.63, 3.8) is 0 Å². The number of nitrogens with one attached hydrogen (secondary N) is 1. The van der Waals surface area contributed by atoms with Gasteiger partial charge in [-0.2, -0.15) is 5.10 Å². The Morgan fingerprint density at radius 2 is 2.27 bits per heavy atom. The molecule has 2 rings (SSSR count). The van der Waals surface area contributed by atoms with E-state index in [0.29, 0.717) is 11.3 Å². The highest BCUT2D eigenvalue weighted by Crippen LogP contribution is 2.15. The van der Waals surface area contributed by atoms with Crippen LogP contribution < -0.4 is 5.32 Å². The number of hydrogen-bond acceptors (Lipinski definition) is 4. The summed E-state index contributed by atoms with van der Waals surface area (Å²) >= 11 is 0. The second-order valence-electron chi connectivity index (χ2n) is 4.63. The van der Waals surface area contributed by atoms with Crippen LogP contribution in [-0.4, -0.2) is 20.6 Å². The first-order chi connectivity index (χ1) is 10.5. The molecule has 0 saturated heterocycles. The number of amides is 1. The van der Waals surface area contributed by atoms with Crippen molar-refractivity contribution in [1.82, 2.24) is 9.78 Å². The van der Waals surface area contributed by atoms with Gasteiger partial charge in [-0.1, -0.05) is 12.1 Å². The number of rotatable bonds is 5. The molecule has 7 heteroatoms. The first kappa shape index (κ1) is 15.4. The molecule has 0 aliphatic rings. The Bertz CT molecular complexity index is 734. The standard InChI is InChI=1S/C15H16N4O3/c1-3-18-11(2)14(10-16-18)17-15(20)8-7-12-5-4-6-13(9-12)19(21)22/h4-10H,3H2,1-2H3,(H,17,20)/b8-7+. The number of carbonyl (C=O) groups is 1. The Morgan fingerprint density at radius 3 is 2.91 bits per heavy atom. The minimum atomic E-state index is -0.472. The Morgan fingerprint density at radius 1 is 1.50 bits per heavy atom. The minimum Gasteiger partial charge on any atom is -0.320 e. The van der Waals surface area contributed by atoms with Crippen molar-refractivity contribution >= 4 is 23.4 Å². The lowest BCUT2D eigenvalue weighted by Crippen LogP contribution is -2.09. The zero-order valence-electron chi connectivity index (χ0n) is 12.3. The van der Waals surface area contributed by atoms with Gasteiger partial charge in [0.25, 0.3) is 5.69 Å². The Kier molecular flexibility index (Phi) is 4.67. The molecular weight excluding hydrogens is 284 g/mol. The van der Waals surface area contributed by atoms with Crippen LogP contribution in [0.2, 0.25) is 0 Å². The fourth-order valence-electron chi connectivity index (χ4n) is 1.98. The van der Waals surface area contributed by atoms with Gasteiger partial charge in [-0.25, -0.2) is 0 Å². The van der Waals surface area contributed by atoms with Crippen molar-refractivity contribution in [3.8, 4) is 0 Å². The molecule has 7 nitrogen and oxygen atoms in total. The van der Waals surface area contributed by atoms with Crippen molar-refractivity contribution in [3.05, 3.63) is 57.9 Å². The molecule has 0 fully saturated rings. The zero-order chi connectivity index (χ0) is 16.1. The quantitative estimate of drug-likeness (QED) is 0.522. The monoisotopic (exact) mass is 300 g/mol. The molecule has 22 heavy (non-hydrogen) atoms. The van der Waals surface area contributed by atoms with Gasteiger partial charge in [-0.3, -0.25) is 19.6 Å². The third-order valence-corrected chi connectivity index (χ3v) is 3.17. The van der Waals surface area contributed by atoms with Gasteiger partial charge in [0.1, 0.15) is 0 Å². The largest absolute Gasteiger partial charge is 0.320 e. The summed E-state index contributed by atoms with van der Waals surface area (Å²) in [6, 6.07) is 6.08. The van der Waals surface area contributed by atoms with Gasteiger partial charge in [0.2, 0.25) is 5.91 Å². The van der Waals surface area contributed by atoms with E-state index in [2.05, 4.69) is 10.4 Å². The average molecular weight is 300 g/mol. The molecule has 0 unspecified atom stereocenters.